The van der Waals surface area contributed by atoms with Crippen LogP contribution < -0.4 is 11.1 Å². The number of rotatable bonds is 4. The van der Waals surface area contributed by atoms with Gasteiger partial charge in [-0.3, -0.25) is 4.79 Å². The summed E-state index contributed by atoms with van der Waals surface area (Å²) in [6, 6.07) is 8.88. The SMILES string of the molecule is C[C@H](N)C(=O)NC(c1ccccc1)c1nccn1C. The van der Waals surface area contributed by atoms with Gasteiger partial charge >= 0.3 is 0 Å². The molecule has 2 aromatic rings. The van der Waals surface area contributed by atoms with Crippen molar-refractivity contribution < 1.29 is 4.79 Å². The lowest BCUT2D eigenvalue weighted by atomic mass is 10.1. The number of hydrogen-bond donors (Lipinski definition) is 2. The molecule has 1 amide bonds. The van der Waals surface area contributed by atoms with Crippen LogP contribution in [0.2, 0.25) is 0 Å². The predicted molar refractivity (Wildman–Crippen MR) is 73.3 cm³/mol. The van der Waals surface area contributed by atoms with Crippen LogP contribution in [0.3, 0.4) is 0 Å². The molecule has 2 rings (SSSR count). The summed E-state index contributed by atoms with van der Waals surface area (Å²) < 4.78 is 1.89. The summed E-state index contributed by atoms with van der Waals surface area (Å²) in [5, 5.41) is 2.93. The molecule has 0 spiro atoms. The Morgan fingerprint density at radius 1 is 1.37 bits per heavy atom. The van der Waals surface area contributed by atoms with Gasteiger partial charge in [0, 0.05) is 19.4 Å². The maximum atomic E-state index is 11.9. The molecule has 5 heteroatoms. The summed E-state index contributed by atoms with van der Waals surface area (Å²) in [7, 11) is 1.90. The fraction of sp³-hybridized carbons (Fsp3) is 0.286. The molecule has 0 bridgehead atoms. The monoisotopic (exact) mass is 258 g/mol. The lowest BCUT2D eigenvalue weighted by Crippen LogP contribution is -2.41. The standard InChI is InChI=1S/C14H18N4O/c1-10(15)14(19)17-12(11-6-4-3-5-7-11)13-16-8-9-18(13)2/h3-10,12H,15H2,1-2H3,(H,17,19)/t10-,12?/m0/s1. The Morgan fingerprint density at radius 3 is 2.58 bits per heavy atom. The topological polar surface area (TPSA) is 72.9 Å². The van der Waals surface area contributed by atoms with E-state index in [1.165, 1.54) is 0 Å². The van der Waals surface area contributed by atoms with Gasteiger partial charge in [-0.1, -0.05) is 30.3 Å². The van der Waals surface area contributed by atoms with Gasteiger partial charge in [-0.15, -0.1) is 0 Å². The second-order valence-corrected chi connectivity index (χ2v) is 4.54. The molecule has 0 aliphatic rings. The van der Waals surface area contributed by atoms with Crippen LogP contribution in [0.25, 0.3) is 0 Å². The van der Waals surface area contributed by atoms with E-state index >= 15 is 0 Å². The van der Waals surface area contributed by atoms with Gasteiger partial charge in [0.05, 0.1) is 6.04 Å². The van der Waals surface area contributed by atoms with Gasteiger partial charge in [-0.05, 0) is 12.5 Å². The highest BCUT2D eigenvalue weighted by atomic mass is 16.2. The van der Waals surface area contributed by atoms with Gasteiger partial charge in [-0.2, -0.15) is 0 Å². The Labute approximate surface area is 112 Å². The van der Waals surface area contributed by atoms with Gasteiger partial charge in [0.25, 0.3) is 0 Å². The van der Waals surface area contributed by atoms with Crippen molar-refractivity contribution in [3.05, 3.63) is 54.1 Å². The van der Waals surface area contributed by atoms with E-state index in [1.54, 1.807) is 13.1 Å². The van der Waals surface area contributed by atoms with Crippen LogP contribution in [0.4, 0.5) is 0 Å². The molecule has 100 valence electrons. The third-order valence-electron chi connectivity index (χ3n) is 2.95. The number of imidazole rings is 1. The molecular weight excluding hydrogens is 240 g/mol. The number of hydrogen-bond acceptors (Lipinski definition) is 3. The van der Waals surface area contributed by atoms with Crippen molar-refractivity contribution >= 4 is 5.91 Å². The maximum absolute atomic E-state index is 11.9. The quantitative estimate of drug-likeness (QED) is 0.858. The molecule has 19 heavy (non-hydrogen) atoms. The minimum atomic E-state index is -0.550. The van der Waals surface area contributed by atoms with Crippen molar-refractivity contribution in [2.45, 2.75) is 19.0 Å². The highest BCUT2D eigenvalue weighted by Gasteiger charge is 2.21. The first-order valence-electron chi connectivity index (χ1n) is 6.17. The Bertz CT molecular complexity index is 548. The molecule has 0 aliphatic carbocycles. The fourth-order valence-electron chi connectivity index (χ4n) is 1.87. The van der Waals surface area contributed by atoms with E-state index < -0.39 is 6.04 Å². The average molecular weight is 258 g/mol. The number of carbonyl (C=O) groups excluding carboxylic acids is 1. The van der Waals surface area contributed by atoms with E-state index in [0.717, 1.165) is 11.4 Å². The minimum absolute atomic E-state index is 0.197. The lowest BCUT2D eigenvalue weighted by Gasteiger charge is -2.20. The van der Waals surface area contributed by atoms with E-state index in [-0.39, 0.29) is 11.9 Å². The van der Waals surface area contributed by atoms with Crippen LogP contribution in [-0.4, -0.2) is 21.5 Å². The molecular formula is C14H18N4O. The third kappa shape index (κ3) is 3.00. The van der Waals surface area contributed by atoms with Gasteiger partial charge in [-0.25, -0.2) is 4.98 Å². The number of aromatic nitrogens is 2. The van der Waals surface area contributed by atoms with Crippen LogP contribution >= 0.6 is 0 Å². The first-order chi connectivity index (χ1) is 9.09. The van der Waals surface area contributed by atoms with Crippen molar-refractivity contribution in [2.75, 3.05) is 0 Å². The molecule has 1 unspecified atom stereocenters. The zero-order chi connectivity index (χ0) is 13.8. The maximum Gasteiger partial charge on any atom is 0.237 e. The fourth-order valence-corrected chi connectivity index (χ4v) is 1.87. The second-order valence-electron chi connectivity index (χ2n) is 4.54. The number of nitrogens with zero attached hydrogens (tertiary/aromatic N) is 2. The highest BCUT2D eigenvalue weighted by Crippen LogP contribution is 2.20. The first-order valence-corrected chi connectivity index (χ1v) is 6.17. The lowest BCUT2D eigenvalue weighted by molar-refractivity contribution is -0.122. The van der Waals surface area contributed by atoms with Crippen LogP contribution in [0.1, 0.15) is 24.4 Å². The molecule has 0 fully saturated rings. The molecule has 0 aliphatic heterocycles. The van der Waals surface area contributed by atoms with Crippen LogP contribution in [0.5, 0.6) is 0 Å². The minimum Gasteiger partial charge on any atom is -0.341 e. The van der Waals surface area contributed by atoms with Crippen LogP contribution in [0.15, 0.2) is 42.7 Å². The number of carbonyl (C=O) groups is 1. The molecule has 0 radical (unpaired) electrons. The molecule has 0 saturated heterocycles. The van der Waals surface area contributed by atoms with Crippen LogP contribution in [0, 0.1) is 0 Å². The summed E-state index contributed by atoms with van der Waals surface area (Å²) in [6.07, 6.45) is 3.56. The highest BCUT2D eigenvalue weighted by molar-refractivity contribution is 5.81. The second kappa shape index (κ2) is 5.67. The number of nitrogens with two attached hydrogens (primary N) is 1. The van der Waals surface area contributed by atoms with Crippen LogP contribution in [-0.2, 0) is 11.8 Å². The van der Waals surface area contributed by atoms with E-state index in [0.29, 0.717) is 0 Å². The molecule has 3 N–H and O–H groups in total. The smallest absolute Gasteiger partial charge is 0.237 e. The molecule has 1 aromatic heterocycles. The Morgan fingerprint density at radius 2 is 2.05 bits per heavy atom. The van der Waals surface area contributed by atoms with Gasteiger partial charge in [0.2, 0.25) is 5.91 Å². The largest absolute Gasteiger partial charge is 0.341 e. The summed E-state index contributed by atoms with van der Waals surface area (Å²) in [6.45, 7) is 1.66. The number of nitrogens with one attached hydrogen (secondary N) is 1. The molecule has 2 atom stereocenters. The summed E-state index contributed by atoms with van der Waals surface area (Å²) in [4.78, 5) is 16.2. The molecule has 5 nitrogen and oxygen atoms in total. The van der Waals surface area contributed by atoms with Gasteiger partial charge in [0.1, 0.15) is 11.9 Å². The molecule has 1 heterocycles. The summed E-state index contributed by atoms with van der Waals surface area (Å²) >= 11 is 0. The van der Waals surface area contributed by atoms with Crippen molar-refractivity contribution in [3.8, 4) is 0 Å². The van der Waals surface area contributed by atoms with Crippen molar-refractivity contribution in [2.24, 2.45) is 12.8 Å². The predicted octanol–water partition coefficient (Wildman–Crippen LogP) is 0.973. The van der Waals surface area contributed by atoms with Gasteiger partial charge < -0.3 is 15.6 Å². The number of aryl methyl sites for hydroxylation is 1. The Balaban J connectivity index is 2.35. The number of benzene rings is 1. The van der Waals surface area contributed by atoms with Crippen molar-refractivity contribution in [1.29, 1.82) is 0 Å². The van der Waals surface area contributed by atoms with E-state index in [9.17, 15) is 4.79 Å². The first kappa shape index (κ1) is 13.3. The zero-order valence-electron chi connectivity index (χ0n) is 11.1. The van der Waals surface area contributed by atoms with Gasteiger partial charge in [0.15, 0.2) is 0 Å². The van der Waals surface area contributed by atoms with E-state index in [2.05, 4.69) is 10.3 Å². The van der Waals surface area contributed by atoms with E-state index in [1.807, 2.05) is 48.1 Å². The molecule has 1 aromatic carbocycles. The zero-order valence-corrected chi connectivity index (χ0v) is 11.1. The van der Waals surface area contributed by atoms with E-state index in [4.69, 9.17) is 5.73 Å². The van der Waals surface area contributed by atoms with Crippen molar-refractivity contribution in [1.82, 2.24) is 14.9 Å². The summed E-state index contributed by atoms with van der Waals surface area (Å²) in [5.74, 6) is 0.581. The summed E-state index contributed by atoms with van der Waals surface area (Å²) in [5.41, 5.74) is 6.59. The Hall–Kier alpha value is -2.14. The average Bonchev–Trinajstić information content (AvgIpc) is 2.82. The third-order valence-corrected chi connectivity index (χ3v) is 2.95. The Kier molecular flexibility index (Phi) is 3.97. The van der Waals surface area contributed by atoms with Crippen molar-refractivity contribution in [3.63, 3.8) is 0 Å². The number of amides is 1. The molecule has 0 saturated carbocycles. The normalized spacial score (nSPS) is 13.8.